The number of rotatable bonds is 8. The molecule has 3 N–H and O–H groups in total. The largest absolute Gasteiger partial charge is 0.445 e. The summed E-state index contributed by atoms with van der Waals surface area (Å²) in [6.45, 7) is 9.88. The van der Waals surface area contributed by atoms with E-state index >= 15 is 0 Å². The number of likely N-dealkylation sites (tertiary alicyclic amines) is 1. The van der Waals surface area contributed by atoms with Crippen LogP contribution >= 0.6 is 0 Å². The SMILES string of the molecule is CC(C)C[C@H](NC(=O)OCc1ccncc1)C(=O)NCC1CN(C(=O)OC(C)(C)C)CC1O. The number of ether oxygens (including phenoxy) is 2. The minimum absolute atomic E-state index is 0.0686. The van der Waals surface area contributed by atoms with Crippen molar-refractivity contribution in [3.8, 4) is 0 Å². The minimum Gasteiger partial charge on any atom is -0.445 e. The van der Waals surface area contributed by atoms with E-state index in [0.29, 0.717) is 6.42 Å². The highest BCUT2D eigenvalue weighted by Crippen LogP contribution is 2.20. The fraction of sp³-hybridized carbons (Fsp3) is 0.652. The summed E-state index contributed by atoms with van der Waals surface area (Å²) >= 11 is 0. The van der Waals surface area contributed by atoms with Crippen LogP contribution in [0.5, 0.6) is 0 Å². The summed E-state index contributed by atoms with van der Waals surface area (Å²) in [5, 5.41) is 15.7. The number of nitrogens with one attached hydrogen (secondary N) is 2. The van der Waals surface area contributed by atoms with Gasteiger partial charge in [0.15, 0.2) is 0 Å². The van der Waals surface area contributed by atoms with Gasteiger partial charge < -0.3 is 30.1 Å². The monoisotopic (exact) mass is 464 g/mol. The summed E-state index contributed by atoms with van der Waals surface area (Å²) in [7, 11) is 0. The number of nitrogens with zero attached hydrogens (tertiary/aromatic N) is 2. The molecule has 3 atom stereocenters. The van der Waals surface area contributed by atoms with Crippen LogP contribution < -0.4 is 10.6 Å². The van der Waals surface area contributed by atoms with Crippen LogP contribution in [0.2, 0.25) is 0 Å². The molecular formula is C23H36N4O6. The molecule has 0 radical (unpaired) electrons. The molecule has 10 nitrogen and oxygen atoms in total. The van der Waals surface area contributed by atoms with E-state index in [9.17, 15) is 19.5 Å². The van der Waals surface area contributed by atoms with Gasteiger partial charge >= 0.3 is 12.2 Å². The quantitative estimate of drug-likeness (QED) is 0.537. The summed E-state index contributed by atoms with van der Waals surface area (Å²) in [6, 6.07) is 2.69. The van der Waals surface area contributed by atoms with Gasteiger partial charge in [-0.3, -0.25) is 9.78 Å². The first-order valence-corrected chi connectivity index (χ1v) is 11.2. The molecule has 1 aromatic heterocycles. The molecule has 33 heavy (non-hydrogen) atoms. The molecule has 3 amide bonds. The number of alkyl carbamates (subject to hydrolysis) is 1. The van der Waals surface area contributed by atoms with Gasteiger partial charge in [-0.05, 0) is 50.8 Å². The Morgan fingerprint density at radius 1 is 1.21 bits per heavy atom. The Morgan fingerprint density at radius 2 is 1.88 bits per heavy atom. The zero-order valence-electron chi connectivity index (χ0n) is 20.0. The number of hydrogen-bond acceptors (Lipinski definition) is 7. The van der Waals surface area contributed by atoms with Gasteiger partial charge in [0.1, 0.15) is 18.2 Å². The van der Waals surface area contributed by atoms with Gasteiger partial charge in [0, 0.05) is 31.4 Å². The second-order valence-corrected chi connectivity index (χ2v) is 9.72. The normalized spacial score (nSPS) is 19.2. The van der Waals surface area contributed by atoms with Crippen LogP contribution in [0.3, 0.4) is 0 Å². The predicted molar refractivity (Wildman–Crippen MR) is 121 cm³/mol. The second kappa shape index (κ2) is 11.8. The molecule has 2 heterocycles. The van der Waals surface area contributed by atoms with E-state index in [4.69, 9.17) is 9.47 Å². The van der Waals surface area contributed by atoms with Crippen molar-refractivity contribution in [1.82, 2.24) is 20.5 Å². The maximum absolute atomic E-state index is 12.8. The Morgan fingerprint density at radius 3 is 2.48 bits per heavy atom. The molecule has 1 aromatic rings. The molecule has 1 aliphatic heterocycles. The summed E-state index contributed by atoms with van der Waals surface area (Å²) in [5.41, 5.74) is 0.158. The smallest absolute Gasteiger partial charge is 0.410 e. The molecule has 0 aromatic carbocycles. The molecule has 0 aliphatic carbocycles. The second-order valence-electron chi connectivity index (χ2n) is 9.72. The van der Waals surface area contributed by atoms with Crippen molar-refractivity contribution in [3.63, 3.8) is 0 Å². The first-order valence-electron chi connectivity index (χ1n) is 11.2. The number of aliphatic hydroxyl groups excluding tert-OH is 1. The van der Waals surface area contributed by atoms with Gasteiger partial charge in [0.25, 0.3) is 0 Å². The molecule has 184 valence electrons. The number of aromatic nitrogens is 1. The predicted octanol–water partition coefficient (Wildman–Crippen LogP) is 2.07. The van der Waals surface area contributed by atoms with Crippen LogP contribution in [-0.4, -0.2) is 70.5 Å². The van der Waals surface area contributed by atoms with Gasteiger partial charge in [-0.1, -0.05) is 13.8 Å². The van der Waals surface area contributed by atoms with Crippen molar-refractivity contribution < 1.29 is 29.0 Å². The van der Waals surface area contributed by atoms with Crippen LogP contribution in [0.1, 0.15) is 46.6 Å². The number of aliphatic hydroxyl groups is 1. The molecular weight excluding hydrogens is 428 g/mol. The molecule has 2 unspecified atom stereocenters. The Bertz CT molecular complexity index is 796. The van der Waals surface area contributed by atoms with Crippen molar-refractivity contribution in [2.45, 2.75) is 65.4 Å². The lowest BCUT2D eigenvalue weighted by Crippen LogP contribution is -2.49. The summed E-state index contributed by atoms with van der Waals surface area (Å²) in [4.78, 5) is 42.6. The lowest BCUT2D eigenvalue weighted by Gasteiger charge is -2.24. The van der Waals surface area contributed by atoms with Gasteiger partial charge in [-0.15, -0.1) is 0 Å². The number of carbonyl (C=O) groups is 3. The maximum Gasteiger partial charge on any atom is 0.410 e. The Kier molecular flexibility index (Phi) is 9.45. The number of amides is 3. The van der Waals surface area contributed by atoms with Crippen molar-refractivity contribution in [3.05, 3.63) is 30.1 Å². The van der Waals surface area contributed by atoms with Crippen LogP contribution in [-0.2, 0) is 20.9 Å². The summed E-state index contributed by atoms with van der Waals surface area (Å²) < 4.78 is 10.6. The summed E-state index contributed by atoms with van der Waals surface area (Å²) in [6.07, 6.45) is 1.67. The molecule has 1 aliphatic rings. The Hall–Kier alpha value is -2.88. The minimum atomic E-state index is -0.782. The van der Waals surface area contributed by atoms with E-state index in [1.165, 1.54) is 4.90 Å². The van der Waals surface area contributed by atoms with Crippen LogP contribution in [0.4, 0.5) is 9.59 Å². The molecule has 0 spiro atoms. The van der Waals surface area contributed by atoms with E-state index < -0.39 is 29.9 Å². The van der Waals surface area contributed by atoms with Crippen LogP contribution in [0.15, 0.2) is 24.5 Å². The molecule has 1 fully saturated rings. The molecule has 1 saturated heterocycles. The lowest BCUT2D eigenvalue weighted by molar-refractivity contribution is -0.123. The number of carbonyl (C=O) groups excluding carboxylic acids is 3. The first-order chi connectivity index (χ1) is 15.4. The zero-order valence-corrected chi connectivity index (χ0v) is 20.0. The zero-order chi connectivity index (χ0) is 24.6. The fourth-order valence-electron chi connectivity index (χ4n) is 3.40. The highest BCUT2D eigenvalue weighted by molar-refractivity contribution is 5.85. The summed E-state index contributed by atoms with van der Waals surface area (Å²) in [5.74, 6) is -0.548. The molecule has 10 heteroatoms. The Balaban J connectivity index is 1.86. The van der Waals surface area contributed by atoms with Gasteiger partial charge in [-0.2, -0.15) is 0 Å². The molecule has 0 saturated carbocycles. The van der Waals surface area contributed by atoms with Crippen LogP contribution in [0, 0.1) is 11.8 Å². The van der Waals surface area contributed by atoms with Crippen LogP contribution in [0.25, 0.3) is 0 Å². The van der Waals surface area contributed by atoms with E-state index in [-0.39, 0.29) is 44.0 Å². The number of β-amino-alcohol motifs (C(OH)–C–C–N with tert-alkyl or cyclic N) is 1. The standard InChI is InChI=1S/C23H36N4O6/c1-15(2)10-18(26-21(30)32-14-16-6-8-24-9-7-16)20(29)25-11-17-12-27(13-19(17)28)22(31)33-23(3,4)5/h6-9,15,17-19,28H,10-14H2,1-5H3,(H,25,29)(H,26,30)/t17?,18-,19?/m0/s1. The fourth-order valence-corrected chi connectivity index (χ4v) is 3.40. The van der Waals surface area contributed by atoms with Crippen molar-refractivity contribution in [2.75, 3.05) is 19.6 Å². The highest BCUT2D eigenvalue weighted by atomic mass is 16.6. The van der Waals surface area contributed by atoms with Crippen molar-refractivity contribution >= 4 is 18.1 Å². The van der Waals surface area contributed by atoms with Gasteiger partial charge in [-0.25, -0.2) is 9.59 Å². The Labute approximate surface area is 195 Å². The van der Waals surface area contributed by atoms with E-state index in [2.05, 4.69) is 15.6 Å². The topological polar surface area (TPSA) is 130 Å². The average Bonchev–Trinajstić information content (AvgIpc) is 3.10. The number of pyridine rings is 1. The first kappa shape index (κ1) is 26.4. The molecule has 0 bridgehead atoms. The third kappa shape index (κ3) is 9.25. The third-order valence-corrected chi connectivity index (χ3v) is 5.03. The third-order valence-electron chi connectivity index (χ3n) is 5.03. The van der Waals surface area contributed by atoms with E-state index in [1.54, 1.807) is 45.3 Å². The maximum atomic E-state index is 12.8. The van der Waals surface area contributed by atoms with Gasteiger partial charge in [0.2, 0.25) is 5.91 Å². The lowest BCUT2D eigenvalue weighted by atomic mass is 10.0. The molecule has 2 rings (SSSR count). The van der Waals surface area contributed by atoms with E-state index in [0.717, 1.165) is 5.56 Å². The van der Waals surface area contributed by atoms with Crippen molar-refractivity contribution in [2.24, 2.45) is 11.8 Å². The number of hydrogen-bond donors (Lipinski definition) is 3. The highest BCUT2D eigenvalue weighted by Gasteiger charge is 2.36. The van der Waals surface area contributed by atoms with Crippen molar-refractivity contribution in [1.29, 1.82) is 0 Å². The van der Waals surface area contributed by atoms with Gasteiger partial charge in [0.05, 0.1) is 12.6 Å². The average molecular weight is 465 g/mol. The van der Waals surface area contributed by atoms with E-state index in [1.807, 2.05) is 13.8 Å².